The monoisotopic (exact) mass is 289 g/mol. The maximum Gasteiger partial charge on any atom is 0.154 e. The van der Waals surface area contributed by atoms with Crippen LogP contribution in [-0.2, 0) is 6.42 Å². The predicted molar refractivity (Wildman–Crippen MR) is 81.0 cm³/mol. The van der Waals surface area contributed by atoms with E-state index in [-0.39, 0.29) is 5.41 Å². The van der Waals surface area contributed by atoms with Crippen LogP contribution in [0, 0.1) is 5.41 Å². The van der Waals surface area contributed by atoms with Crippen LogP contribution in [0.25, 0.3) is 0 Å². The van der Waals surface area contributed by atoms with E-state index < -0.39 is 6.23 Å². The van der Waals surface area contributed by atoms with Gasteiger partial charge in [0.15, 0.2) is 5.82 Å². The van der Waals surface area contributed by atoms with Gasteiger partial charge in [-0.25, -0.2) is 9.67 Å². The van der Waals surface area contributed by atoms with Crippen molar-refractivity contribution in [2.24, 2.45) is 5.41 Å². The summed E-state index contributed by atoms with van der Waals surface area (Å²) in [5, 5.41) is 14.4. The molecular formula is C16H23N3O2. The van der Waals surface area contributed by atoms with Gasteiger partial charge in [0.25, 0.3) is 0 Å². The summed E-state index contributed by atoms with van der Waals surface area (Å²) in [5.74, 6) is 1.52. The molecule has 0 bridgehead atoms. The Kier molecular flexibility index (Phi) is 4.96. The molecule has 114 valence electrons. The number of hydrogen-bond donors (Lipinski definition) is 1. The first-order chi connectivity index (χ1) is 9.94. The molecule has 21 heavy (non-hydrogen) atoms. The van der Waals surface area contributed by atoms with Gasteiger partial charge in [-0.2, -0.15) is 5.10 Å². The van der Waals surface area contributed by atoms with Crippen molar-refractivity contribution in [1.82, 2.24) is 14.8 Å². The first-order valence-corrected chi connectivity index (χ1v) is 7.20. The van der Waals surface area contributed by atoms with Crippen LogP contribution >= 0.6 is 0 Å². The van der Waals surface area contributed by atoms with E-state index in [1.807, 2.05) is 30.3 Å². The molecule has 0 saturated heterocycles. The van der Waals surface area contributed by atoms with E-state index in [9.17, 15) is 5.11 Å². The molecule has 2 aromatic rings. The topological polar surface area (TPSA) is 60.2 Å². The second-order valence-electron chi connectivity index (χ2n) is 6.30. The molecule has 5 nitrogen and oxygen atoms in total. The number of aromatic nitrogens is 3. The second kappa shape index (κ2) is 6.72. The fourth-order valence-corrected chi connectivity index (χ4v) is 1.99. The van der Waals surface area contributed by atoms with Crippen molar-refractivity contribution in [2.75, 3.05) is 6.61 Å². The molecular weight excluding hydrogens is 266 g/mol. The molecule has 2 rings (SSSR count). The highest BCUT2D eigenvalue weighted by atomic mass is 16.5. The normalized spacial score (nSPS) is 13.1. The molecule has 1 N–H and O–H groups in total. The summed E-state index contributed by atoms with van der Waals surface area (Å²) < 4.78 is 7.13. The largest absolute Gasteiger partial charge is 0.493 e. The van der Waals surface area contributed by atoms with Gasteiger partial charge < -0.3 is 9.84 Å². The lowest BCUT2D eigenvalue weighted by molar-refractivity contribution is 0.0474. The van der Waals surface area contributed by atoms with Gasteiger partial charge in [-0.15, -0.1) is 0 Å². The van der Waals surface area contributed by atoms with E-state index in [0.717, 1.165) is 5.75 Å². The third-order valence-electron chi connectivity index (χ3n) is 2.99. The number of ether oxygens (including phenoxy) is 1. The Balaban J connectivity index is 1.83. The fraction of sp³-hybridized carbons (Fsp3) is 0.500. The summed E-state index contributed by atoms with van der Waals surface area (Å²) in [6.45, 7) is 6.77. The van der Waals surface area contributed by atoms with Crippen LogP contribution in [0.2, 0.25) is 0 Å². The van der Waals surface area contributed by atoms with E-state index in [1.165, 1.54) is 4.68 Å². The molecule has 0 fully saturated rings. The highest BCUT2D eigenvalue weighted by Crippen LogP contribution is 2.25. The van der Waals surface area contributed by atoms with Crippen molar-refractivity contribution >= 4 is 0 Å². The Labute approximate surface area is 125 Å². The first kappa shape index (κ1) is 15.5. The number of aliphatic hydroxyl groups excluding tert-OH is 1. The summed E-state index contributed by atoms with van der Waals surface area (Å²) in [6.07, 6.45) is 2.19. The van der Waals surface area contributed by atoms with E-state index in [4.69, 9.17) is 4.74 Å². The average molecular weight is 289 g/mol. The SMILES string of the molecule is CC(C)(C)CC(O)n1cnc(CCOc2ccccc2)n1. The molecule has 1 heterocycles. The van der Waals surface area contributed by atoms with Gasteiger partial charge >= 0.3 is 0 Å². The molecule has 0 aliphatic heterocycles. The quantitative estimate of drug-likeness (QED) is 0.888. The van der Waals surface area contributed by atoms with Crippen molar-refractivity contribution in [3.8, 4) is 5.75 Å². The van der Waals surface area contributed by atoms with Gasteiger partial charge in [-0.1, -0.05) is 39.0 Å². The summed E-state index contributed by atoms with van der Waals surface area (Å²) in [7, 11) is 0. The number of benzene rings is 1. The first-order valence-electron chi connectivity index (χ1n) is 7.20. The third-order valence-corrected chi connectivity index (χ3v) is 2.99. The van der Waals surface area contributed by atoms with Crippen molar-refractivity contribution in [2.45, 2.75) is 39.8 Å². The fourth-order valence-electron chi connectivity index (χ4n) is 1.99. The van der Waals surface area contributed by atoms with Crippen LogP contribution in [0.4, 0.5) is 0 Å². The Morgan fingerprint density at radius 1 is 1.24 bits per heavy atom. The van der Waals surface area contributed by atoms with Gasteiger partial charge in [-0.05, 0) is 24.0 Å². The van der Waals surface area contributed by atoms with Crippen LogP contribution < -0.4 is 4.74 Å². The van der Waals surface area contributed by atoms with Crippen LogP contribution in [0.5, 0.6) is 5.75 Å². The molecule has 5 heteroatoms. The predicted octanol–water partition coefficient (Wildman–Crippen LogP) is 2.83. The standard InChI is InChI=1S/C16H23N3O2/c1-16(2,3)11-15(20)19-12-17-14(18-19)9-10-21-13-7-5-4-6-8-13/h4-8,12,15,20H,9-11H2,1-3H3. The van der Waals surface area contributed by atoms with Gasteiger partial charge in [0, 0.05) is 6.42 Å². The maximum atomic E-state index is 10.1. The van der Waals surface area contributed by atoms with Gasteiger partial charge in [0.05, 0.1) is 6.61 Å². The van der Waals surface area contributed by atoms with Crippen molar-refractivity contribution in [3.05, 3.63) is 42.5 Å². The highest BCUT2D eigenvalue weighted by Gasteiger charge is 2.19. The molecule has 0 amide bonds. The summed E-state index contributed by atoms with van der Waals surface area (Å²) in [6, 6.07) is 9.65. The lowest BCUT2D eigenvalue weighted by Crippen LogP contribution is -2.17. The minimum atomic E-state index is -0.638. The van der Waals surface area contributed by atoms with Gasteiger partial charge in [0.1, 0.15) is 18.3 Å². The minimum absolute atomic E-state index is 0.0436. The molecule has 0 radical (unpaired) electrons. The van der Waals surface area contributed by atoms with E-state index >= 15 is 0 Å². The van der Waals surface area contributed by atoms with Crippen molar-refractivity contribution in [1.29, 1.82) is 0 Å². The van der Waals surface area contributed by atoms with Gasteiger partial charge in [-0.3, -0.25) is 0 Å². The zero-order chi connectivity index (χ0) is 15.3. The van der Waals surface area contributed by atoms with Crippen LogP contribution in [0.15, 0.2) is 36.7 Å². The van der Waals surface area contributed by atoms with E-state index in [0.29, 0.717) is 25.3 Å². The summed E-state index contributed by atoms with van der Waals surface area (Å²) >= 11 is 0. The molecule has 0 saturated carbocycles. The number of hydrogen-bond acceptors (Lipinski definition) is 4. The molecule has 0 aliphatic rings. The van der Waals surface area contributed by atoms with Crippen LogP contribution in [-0.4, -0.2) is 26.5 Å². The molecule has 1 unspecified atom stereocenters. The zero-order valence-corrected chi connectivity index (χ0v) is 12.9. The third kappa shape index (κ3) is 5.19. The summed E-state index contributed by atoms with van der Waals surface area (Å²) in [5.41, 5.74) is 0.0436. The molecule has 1 aromatic carbocycles. The molecule has 1 aromatic heterocycles. The number of aliphatic hydroxyl groups is 1. The molecule has 0 aliphatic carbocycles. The smallest absolute Gasteiger partial charge is 0.154 e. The van der Waals surface area contributed by atoms with E-state index in [2.05, 4.69) is 30.9 Å². The second-order valence-corrected chi connectivity index (χ2v) is 6.30. The maximum absolute atomic E-state index is 10.1. The van der Waals surface area contributed by atoms with Crippen LogP contribution in [0.3, 0.4) is 0 Å². The molecule has 1 atom stereocenters. The number of rotatable bonds is 6. The highest BCUT2D eigenvalue weighted by molar-refractivity contribution is 5.20. The minimum Gasteiger partial charge on any atom is -0.493 e. The van der Waals surface area contributed by atoms with E-state index in [1.54, 1.807) is 6.33 Å². The zero-order valence-electron chi connectivity index (χ0n) is 12.9. The Morgan fingerprint density at radius 2 is 1.95 bits per heavy atom. The van der Waals surface area contributed by atoms with Gasteiger partial charge in [0.2, 0.25) is 0 Å². The Morgan fingerprint density at radius 3 is 2.62 bits per heavy atom. The summed E-state index contributed by atoms with van der Waals surface area (Å²) in [4.78, 5) is 4.21. The Hall–Kier alpha value is -1.88. The van der Waals surface area contributed by atoms with Crippen molar-refractivity contribution in [3.63, 3.8) is 0 Å². The lowest BCUT2D eigenvalue weighted by atomic mass is 9.91. The number of nitrogens with zero attached hydrogens (tertiary/aromatic N) is 3. The van der Waals surface area contributed by atoms with Crippen molar-refractivity contribution < 1.29 is 9.84 Å². The average Bonchev–Trinajstić information content (AvgIpc) is 2.87. The molecule has 0 spiro atoms. The lowest BCUT2D eigenvalue weighted by Gasteiger charge is -2.21. The van der Waals surface area contributed by atoms with Crippen LogP contribution in [0.1, 0.15) is 39.2 Å². The Bertz CT molecular complexity index is 546. The number of para-hydroxylation sites is 1.